The summed E-state index contributed by atoms with van der Waals surface area (Å²) in [6.07, 6.45) is 0.145. The number of carbonyl (C=O) groups excluding carboxylic acids is 2. The minimum atomic E-state index is -1.88. The maximum Gasteiger partial charge on any atom is 0.252 e. The molecule has 0 saturated heterocycles. The monoisotopic (exact) mass is 238 g/mol. The summed E-state index contributed by atoms with van der Waals surface area (Å²) < 4.78 is 5.18. The molecule has 0 radical (unpaired) electrons. The van der Waals surface area contributed by atoms with Gasteiger partial charge in [0.25, 0.3) is 5.91 Å². The number of nitrogens with two attached hydrogens (primary N) is 3. The second kappa shape index (κ2) is 4.33. The smallest absolute Gasteiger partial charge is 0.252 e. The topological polar surface area (TPSA) is 145 Å². The van der Waals surface area contributed by atoms with Crippen LogP contribution in [0, 0.1) is 16.7 Å². The summed E-state index contributed by atoms with van der Waals surface area (Å²) in [7, 11) is 0. The highest BCUT2D eigenvalue weighted by Gasteiger charge is 2.57. The summed E-state index contributed by atoms with van der Waals surface area (Å²) in [6, 6.07) is 1.74. The van der Waals surface area contributed by atoms with Gasteiger partial charge in [0.15, 0.2) is 5.88 Å². The molecule has 2 atom stereocenters. The van der Waals surface area contributed by atoms with Crippen molar-refractivity contribution in [1.82, 2.24) is 0 Å². The lowest BCUT2D eigenvalue weighted by Gasteiger charge is -2.24. The highest BCUT2D eigenvalue weighted by Crippen LogP contribution is 2.42. The molecule has 0 bridgehead atoms. The number of amides is 2. The molecule has 2 unspecified atom stereocenters. The fraction of sp³-hybridized carbons (Fsp3) is 0.500. The molecular weight excluding hydrogens is 224 g/mol. The van der Waals surface area contributed by atoms with Crippen molar-refractivity contribution in [1.29, 1.82) is 5.26 Å². The molecule has 0 aromatic heterocycles. The van der Waals surface area contributed by atoms with E-state index in [1.54, 1.807) is 6.07 Å². The lowest BCUT2D eigenvalue weighted by atomic mass is 9.75. The third kappa shape index (κ3) is 1.67. The Bertz CT molecular complexity index is 437. The Kier molecular flexibility index (Phi) is 3.27. The fourth-order valence-corrected chi connectivity index (χ4v) is 1.97. The van der Waals surface area contributed by atoms with Gasteiger partial charge in [-0.3, -0.25) is 9.59 Å². The number of hydrogen-bond donors (Lipinski definition) is 3. The minimum Gasteiger partial charge on any atom is -0.473 e. The van der Waals surface area contributed by atoms with Gasteiger partial charge in [0, 0.05) is 0 Å². The van der Waals surface area contributed by atoms with Gasteiger partial charge in [0.1, 0.15) is 11.7 Å². The number of nitrogens with zero attached hydrogens (tertiary/aromatic N) is 1. The molecule has 17 heavy (non-hydrogen) atoms. The molecule has 0 aromatic rings. The quantitative estimate of drug-likeness (QED) is 0.565. The van der Waals surface area contributed by atoms with Gasteiger partial charge in [-0.15, -0.1) is 0 Å². The van der Waals surface area contributed by atoms with Gasteiger partial charge >= 0.3 is 0 Å². The number of hydrogen-bond acceptors (Lipinski definition) is 5. The van der Waals surface area contributed by atoms with Crippen LogP contribution in [0.2, 0.25) is 0 Å². The van der Waals surface area contributed by atoms with Crippen molar-refractivity contribution in [2.24, 2.45) is 22.6 Å². The first-order chi connectivity index (χ1) is 7.91. The van der Waals surface area contributed by atoms with Gasteiger partial charge in [-0.1, -0.05) is 13.3 Å². The Morgan fingerprint density at radius 1 is 1.53 bits per heavy atom. The molecule has 1 rings (SSSR count). The zero-order chi connectivity index (χ0) is 13.2. The van der Waals surface area contributed by atoms with Crippen LogP contribution >= 0.6 is 0 Å². The van der Waals surface area contributed by atoms with Crippen LogP contribution in [0.3, 0.4) is 0 Å². The third-order valence-electron chi connectivity index (χ3n) is 2.76. The molecule has 0 fully saturated rings. The summed E-state index contributed by atoms with van der Waals surface area (Å²) in [5.41, 5.74) is 13.6. The standard InChI is InChI=1S/C10H14N4O3/c1-2-3-5-10(4-11,9(14)16)6(7(12)15)8(13)17-5/h5H,2-3,13H2,1H3,(H2,12,15)(H2,14,16). The average molecular weight is 238 g/mol. The Hall–Kier alpha value is -2.23. The lowest BCUT2D eigenvalue weighted by Crippen LogP contribution is -2.47. The number of carbonyl (C=O) groups is 2. The van der Waals surface area contributed by atoms with Gasteiger partial charge in [0.05, 0.1) is 6.07 Å². The highest BCUT2D eigenvalue weighted by molar-refractivity contribution is 6.04. The Balaban J connectivity index is 3.38. The van der Waals surface area contributed by atoms with Crippen molar-refractivity contribution in [2.45, 2.75) is 25.9 Å². The van der Waals surface area contributed by atoms with Crippen molar-refractivity contribution in [3.8, 4) is 6.07 Å². The van der Waals surface area contributed by atoms with E-state index in [1.165, 1.54) is 0 Å². The van der Waals surface area contributed by atoms with Crippen LogP contribution in [-0.2, 0) is 14.3 Å². The summed E-state index contributed by atoms with van der Waals surface area (Å²) >= 11 is 0. The zero-order valence-corrected chi connectivity index (χ0v) is 9.40. The van der Waals surface area contributed by atoms with E-state index < -0.39 is 23.3 Å². The number of ether oxygens (including phenoxy) is 1. The van der Waals surface area contributed by atoms with Crippen molar-refractivity contribution < 1.29 is 14.3 Å². The van der Waals surface area contributed by atoms with E-state index in [2.05, 4.69) is 0 Å². The number of rotatable bonds is 4. The molecular formula is C10H14N4O3. The first kappa shape index (κ1) is 12.8. The predicted molar refractivity (Wildman–Crippen MR) is 57.4 cm³/mol. The lowest BCUT2D eigenvalue weighted by molar-refractivity contribution is -0.128. The predicted octanol–water partition coefficient (Wildman–Crippen LogP) is -1.16. The van der Waals surface area contributed by atoms with Crippen molar-refractivity contribution >= 4 is 11.8 Å². The van der Waals surface area contributed by atoms with Crippen molar-refractivity contribution in [3.63, 3.8) is 0 Å². The van der Waals surface area contributed by atoms with Crippen LogP contribution in [0.5, 0.6) is 0 Å². The van der Waals surface area contributed by atoms with E-state index in [4.69, 9.17) is 21.9 Å². The molecule has 0 spiro atoms. The van der Waals surface area contributed by atoms with Crippen molar-refractivity contribution in [3.05, 3.63) is 11.5 Å². The molecule has 92 valence electrons. The van der Waals surface area contributed by atoms with Crippen LogP contribution in [0.25, 0.3) is 0 Å². The minimum absolute atomic E-state index is 0.295. The average Bonchev–Trinajstić information content (AvgIpc) is 2.52. The molecule has 1 aliphatic rings. The fourth-order valence-electron chi connectivity index (χ4n) is 1.97. The second-order valence-corrected chi connectivity index (χ2v) is 3.78. The summed E-state index contributed by atoms with van der Waals surface area (Å²) in [6.45, 7) is 1.84. The molecule has 0 saturated carbocycles. The molecule has 0 aliphatic carbocycles. The first-order valence-electron chi connectivity index (χ1n) is 5.09. The number of nitriles is 1. The Morgan fingerprint density at radius 2 is 2.12 bits per heavy atom. The van der Waals surface area contributed by atoms with E-state index in [-0.39, 0.29) is 11.5 Å². The van der Waals surface area contributed by atoms with Gasteiger partial charge in [-0.25, -0.2) is 0 Å². The van der Waals surface area contributed by atoms with Crippen LogP contribution in [-0.4, -0.2) is 17.9 Å². The first-order valence-corrected chi connectivity index (χ1v) is 5.09. The largest absolute Gasteiger partial charge is 0.473 e. The Morgan fingerprint density at radius 3 is 2.47 bits per heavy atom. The zero-order valence-electron chi connectivity index (χ0n) is 9.40. The molecule has 0 aromatic carbocycles. The van der Waals surface area contributed by atoms with Crippen molar-refractivity contribution in [2.75, 3.05) is 0 Å². The van der Waals surface area contributed by atoms with E-state index in [9.17, 15) is 14.9 Å². The number of primary amides is 2. The maximum absolute atomic E-state index is 11.5. The van der Waals surface area contributed by atoms with Gasteiger partial charge < -0.3 is 21.9 Å². The van der Waals surface area contributed by atoms with Crippen LogP contribution in [0.1, 0.15) is 19.8 Å². The van der Waals surface area contributed by atoms with Gasteiger partial charge in [0.2, 0.25) is 11.3 Å². The summed E-state index contributed by atoms with van der Waals surface area (Å²) in [5, 5.41) is 9.19. The van der Waals surface area contributed by atoms with Crippen LogP contribution < -0.4 is 17.2 Å². The molecule has 2 amide bonds. The van der Waals surface area contributed by atoms with E-state index >= 15 is 0 Å². The van der Waals surface area contributed by atoms with E-state index in [0.717, 1.165) is 0 Å². The van der Waals surface area contributed by atoms with Crippen LogP contribution in [0.15, 0.2) is 11.5 Å². The summed E-state index contributed by atoms with van der Waals surface area (Å²) in [4.78, 5) is 22.8. The molecule has 1 heterocycles. The van der Waals surface area contributed by atoms with E-state index in [0.29, 0.717) is 12.8 Å². The van der Waals surface area contributed by atoms with E-state index in [1.807, 2.05) is 6.92 Å². The third-order valence-corrected chi connectivity index (χ3v) is 2.76. The van der Waals surface area contributed by atoms with Gasteiger partial charge in [-0.2, -0.15) is 5.26 Å². The summed E-state index contributed by atoms with van der Waals surface area (Å²) in [5.74, 6) is -2.24. The van der Waals surface area contributed by atoms with Gasteiger partial charge in [-0.05, 0) is 6.42 Å². The normalized spacial score (nSPS) is 27.4. The second-order valence-electron chi connectivity index (χ2n) is 3.78. The Labute approximate surface area is 98.2 Å². The SMILES string of the molecule is CCCC1OC(N)=C(C(N)=O)C1(C#N)C(N)=O. The maximum atomic E-state index is 11.5. The molecule has 7 heteroatoms. The molecule has 7 nitrogen and oxygen atoms in total. The molecule has 6 N–H and O–H groups in total. The highest BCUT2D eigenvalue weighted by atomic mass is 16.5. The molecule has 1 aliphatic heterocycles. The van der Waals surface area contributed by atoms with Crippen LogP contribution in [0.4, 0.5) is 0 Å².